The molecule has 1 saturated carbocycles. The van der Waals surface area contributed by atoms with Crippen molar-refractivity contribution in [1.29, 1.82) is 0 Å². The summed E-state index contributed by atoms with van der Waals surface area (Å²) < 4.78 is 5.10. The van der Waals surface area contributed by atoms with Gasteiger partial charge in [0.1, 0.15) is 0 Å². The second-order valence-electron chi connectivity index (χ2n) is 8.86. The molecular weight excluding hydrogens is 284 g/mol. The van der Waals surface area contributed by atoms with Gasteiger partial charge in [0.05, 0.1) is 12.5 Å². The first-order chi connectivity index (χ1) is 10.6. The summed E-state index contributed by atoms with van der Waals surface area (Å²) in [5.41, 5.74) is 3.27. The number of carbonyl (C=O) groups is 1. The van der Waals surface area contributed by atoms with Crippen LogP contribution in [-0.4, -0.2) is 12.6 Å². The van der Waals surface area contributed by atoms with E-state index in [0.717, 1.165) is 19.3 Å². The van der Waals surface area contributed by atoms with Crippen LogP contribution in [0.1, 0.15) is 77.8 Å². The molecule has 1 aromatic carbocycles. The fourth-order valence-corrected chi connectivity index (χ4v) is 3.98. The van der Waals surface area contributed by atoms with E-state index in [1.807, 2.05) is 6.92 Å². The first-order valence-corrected chi connectivity index (χ1v) is 8.89. The van der Waals surface area contributed by atoms with E-state index in [0.29, 0.717) is 17.9 Å². The van der Waals surface area contributed by atoms with Crippen molar-refractivity contribution in [3.63, 3.8) is 0 Å². The number of hydrogen-bond acceptors (Lipinski definition) is 2. The molecule has 0 heterocycles. The maximum Gasteiger partial charge on any atom is 0.308 e. The zero-order chi connectivity index (χ0) is 17.3. The molecule has 1 aliphatic carbocycles. The third kappa shape index (κ3) is 4.59. The Morgan fingerprint density at radius 2 is 1.65 bits per heavy atom. The van der Waals surface area contributed by atoms with Gasteiger partial charge in [0.15, 0.2) is 0 Å². The minimum atomic E-state index is -0.0216. The molecule has 1 aromatic rings. The molecule has 0 spiro atoms. The van der Waals surface area contributed by atoms with Gasteiger partial charge in [-0.15, -0.1) is 0 Å². The first kappa shape index (κ1) is 18.0. The summed E-state index contributed by atoms with van der Waals surface area (Å²) in [6, 6.07) is 9.06. The molecule has 1 aliphatic rings. The summed E-state index contributed by atoms with van der Waals surface area (Å²) in [6.07, 6.45) is 3.03. The zero-order valence-corrected chi connectivity index (χ0v) is 15.6. The minimum Gasteiger partial charge on any atom is -0.466 e. The largest absolute Gasteiger partial charge is 0.466 e. The van der Waals surface area contributed by atoms with Crippen molar-refractivity contribution in [3.8, 4) is 0 Å². The number of esters is 1. The van der Waals surface area contributed by atoms with Crippen LogP contribution in [0.2, 0.25) is 0 Å². The van der Waals surface area contributed by atoms with Crippen molar-refractivity contribution in [2.24, 2.45) is 11.3 Å². The van der Waals surface area contributed by atoms with Crippen LogP contribution in [-0.2, 0) is 14.9 Å². The molecule has 2 nitrogen and oxygen atoms in total. The highest BCUT2D eigenvalue weighted by molar-refractivity contribution is 5.73. The summed E-state index contributed by atoms with van der Waals surface area (Å²) in [5, 5.41) is 0. The Hall–Kier alpha value is -1.31. The number of hydrogen-bond donors (Lipinski definition) is 0. The summed E-state index contributed by atoms with van der Waals surface area (Å²) >= 11 is 0. The number of carbonyl (C=O) groups excluding carboxylic acids is 1. The SMILES string of the molecule is CCOC(=O)C1CC(c2ccc(C(C)(C)CC(C)(C)C)cc2)C1. The van der Waals surface area contributed by atoms with E-state index < -0.39 is 0 Å². The molecule has 0 aromatic heterocycles. The first-order valence-electron chi connectivity index (χ1n) is 8.89. The van der Waals surface area contributed by atoms with Crippen molar-refractivity contribution in [2.45, 2.75) is 72.1 Å². The monoisotopic (exact) mass is 316 g/mol. The smallest absolute Gasteiger partial charge is 0.308 e. The number of ether oxygens (including phenoxy) is 1. The van der Waals surface area contributed by atoms with E-state index >= 15 is 0 Å². The molecule has 128 valence electrons. The van der Waals surface area contributed by atoms with Crippen LogP contribution in [0.25, 0.3) is 0 Å². The molecular formula is C21H32O2. The summed E-state index contributed by atoms with van der Waals surface area (Å²) in [6.45, 7) is 13.9. The highest BCUT2D eigenvalue weighted by atomic mass is 16.5. The fourth-order valence-electron chi connectivity index (χ4n) is 3.98. The van der Waals surface area contributed by atoms with E-state index in [1.165, 1.54) is 11.1 Å². The molecule has 23 heavy (non-hydrogen) atoms. The van der Waals surface area contributed by atoms with Crippen LogP contribution in [0.4, 0.5) is 0 Å². The summed E-state index contributed by atoms with van der Waals surface area (Å²) in [4.78, 5) is 11.7. The van der Waals surface area contributed by atoms with Gasteiger partial charge in [-0.3, -0.25) is 4.79 Å². The van der Waals surface area contributed by atoms with E-state index in [-0.39, 0.29) is 17.3 Å². The molecule has 0 amide bonds. The lowest BCUT2D eigenvalue weighted by Gasteiger charge is -2.35. The predicted octanol–water partition coefficient (Wildman–Crippen LogP) is 5.46. The van der Waals surface area contributed by atoms with Gasteiger partial charge in [0.2, 0.25) is 0 Å². The molecule has 1 fully saturated rings. The second-order valence-corrected chi connectivity index (χ2v) is 8.86. The van der Waals surface area contributed by atoms with Gasteiger partial charge in [-0.05, 0) is 54.1 Å². The van der Waals surface area contributed by atoms with Crippen LogP contribution in [0, 0.1) is 11.3 Å². The third-order valence-electron chi connectivity index (χ3n) is 4.89. The third-order valence-corrected chi connectivity index (χ3v) is 4.89. The highest BCUT2D eigenvalue weighted by Crippen LogP contribution is 2.43. The Kier molecular flexibility index (Phi) is 5.23. The lowest BCUT2D eigenvalue weighted by atomic mass is 9.69. The average molecular weight is 316 g/mol. The quantitative estimate of drug-likeness (QED) is 0.674. The van der Waals surface area contributed by atoms with Gasteiger partial charge in [0, 0.05) is 0 Å². The average Bonchev–Trinajstić information content (AvgIpc) is 2.35. The van der Waals surface area contributed by atoms with E-state index in [9.17, 15) is 4.79 Å². The van der Waals surface area contributed by atoms with Gasteiger partial charge in [-0.1, -0.05) is 58.9 Å². The molecule has 0 aliphatic heterocycles. The van der Waals surface area contributed by atoms with E-state index in [1.54, 1.807) is 0 Å². The summed E-state index contributed by atoms with van der Waals surface area (Å²) in [7, 11) is 0. The molecule has 0 bridgehead atoms. The normalized spacial score (nSPS) is 21.7. The molecule has 0 saturated heterocycles. The lowest BCUT2D eigenvalue weighted by molar-refractivity contribution is -0.151. The van der Waals surface area contributed by atoms with Crippen molar-refractivity contribution < 1.29 is 9.53 Å². The second kappa shape index (κ2) is 6.67. The molecule has 0 radical (unpaired) electrons. The van der Waals surface area contributed by atoms with Crippen molar-refractivity contribution in [2.75, 3.05) is 6.61 Å². The van der Waals surface area contributed by atoms with Gasteiger partial charge in [-0.2, -0.15) is 0 Å². The number of benzene rings is 1. The van der Waals surface area contributed by atoms with Crippen molar-refractivity contribution in [3.05, 3.63) is 35.4 Å². The van der Waals surface area contributed by atoms with Crippen LogP contribution < -0.4 is 0 Å². The number of rotatable bonds is 5. The van der Waals surface area contributed by atoms with Crippen LogP contribution in [0.5, 0.6) is 0 Å². The van der Waals surface area contributed by atoms with Crippen molar-refractivity contribution >= 4 is 5.97 Å². The Morgan fingerprint density at radius 1 is 1.09 bits per heavy atom. The van der Waals surface area contributed by atoms with Gasteiger partial charge in [0.25, 0.3) is 0 Å². The molecule has 2 rings (SSSR count). The minimum absolute atomic E-state index is 0.0216. The maximum absolute atomic E-state index is 11.7. The van der Waals surface area contributed by atoms with Gasteiger partial charge < -0.3 is 4.74 Å². The molecule has 0 N–H and O–H groups in total. The Labute approximate surface area is 141 Å². The van der Waals surface area contributed by atoms with Crippen LogP contribution >= 0.6 is 0 Å². The lowest BCUT2D eigenvalue weighted by Crippen LogP contribution is -2.30. The molecule has 0 atom stereocenters. The van der Waals surface area contributed by atoms with Gasteiger partial charge in [-0.25, -0.2) is 0 Å². The Bertz CT molecular complexity index is 528. The van der Waals surface area contributed by atoms with Crippen LogP contribution in [0.3, 0.4) is 0 Å². The topological polar surface area (TPSA) is 26.3 Å². The van der Waals surface area contributed by atoms with Gasteiger partial charge >= 0.3 is 5.97 Å². The summed E-state index contributed by atoms with van der Waals surface area (Å²) in [5.74, 6) is 0.604. The maximum atomic E-state index is 11.7. The zero-order valence-electron chi connectivity index (χ0n) is 15.6. The Balaban J connectivity index is 1.97. The Morgan fingerprint density at radius 3 is 2.13 bits per heavy atom. The molecule has 0 unspecified atom stereocenters. The van der Waals surface area contributed by atoms with Crippen LogP contribution in [0.15, 0.2) is 24.3 Å². The van der Waals surface area contributed by atoms with Crippen molar-refractivity contribution in [1.82, 2.24) is 0 Å². The van der Waals surface area contributed by atoms with E-state index in [4.69, 9.17) is 4.74 Å². The fraction of sp³-hybridized carbons (Fsp3) is 0.667. The molecule has 2 heteroatoms. The van der Waals surface area contributed by atoms with E-state index in [2.05, 4.69) is 58.9 Å². The standard InChI is InChI=1S/C21H32O2/c1-7-23-19(22)17-12-16(13-17)15-8-10-18(11-9-15)21(5,6)14-20(2,3)4/h8-11,16-17H,7,12-14H2,1-6H3. The predicted molar refractivity (Wildman–Crippen MR) is 95.6 cm³/mol. The highest BCUT2D eigenvalue weighted by Gasteiger charge is 2.36.